The molecule has 0 aliphatic heterocycles. The normalized spacial score (nSPS) is 10.7. The quantitative estimate of drug-likeness (QED) is 0.664. The maximum absolute atomic E-state index is 11.9. The molecular weight excluding hydrogens is 326 g/mol. The molecule has 1 aromatic heterocycles. The summed E-state index contributed by atoms with van der Waals surface area (Å²) in [5.41, 5.74) is 4.85. The molecule has 0 saturated carbocycles. The first kappa shape index (κ1) is 17.7. The first-order valence-corrected chi connectivity index (χ1v) is 8.62. The van der Waals surface area contributed by atoms with Crippen molar-refractivity contribution >= 4 is 12.3 Å². The maximum Gasteiger partial charge on any atom is 0.338 e. The number of hydrogen-bond donors (Lipinski definition) is 1. The molecule has 2 aromatic carbocycles. The van der Waals surface area contributed by atoms with E-state index in [0.29, 0.717) is 24.8 Å². The summed E-state index contributed by atoms with van der Waals surface area (Å²) in [6.45, 7) is 4.36. The number of aromatic nitrogens is 1. The van der Waals surface area contributed by atoms with Crippen LogP contribution in [0.2, 0.25) is 0 Å². The van der Waals surface area contributed by atoms with Crippen LogP contribution in [0.3, 0.4) is 0 Å². The molecule has 0 unspecified atom stereocenters. The molecule has 4 heteroatoms. The van der Waals surface area contributed by atoms with Crippen LogP contribution >= 0.6 is 0 Å². The SMILES string of the molecule is CCc1c(C(=O)O)c(C=O)n(Cc2ccccc2)c1-c1ccccc1C. The highest BCUT2D eigenvalue weighted by atomic mass is 16.4. The van der Waals surface area contributed by atoms with Gasteiger partial charge >= 0.3 is 5.97 Å². The number of aldehydes is 1. The molecular formula is C22H21NO3. The summed E-state index contributed by atoms with van der Waals surface area (Å²) in [6.07, 6.45) is 1.20. The molecule has 0 amide bonds. The van der Waals surface area contributed by atoms with Crippen molar-refractivity contribution < 1.29 is 14.7 Å². The Bertz CT molecular complexity index is 955. The second-order valence-corrected chi connectivity index (χ2v) is 6.25. The van der Waals surface area contributed by atoms with Gasteiger partial charge in [-0.15, -0.1) is 0 Å². The zero-order valence-electron chi connectivity index (χ0n) is 14.9. The van der Waals surface area contributed by atoms with Crippen molar-refractivity contribution in [1.29, 1.82) is 0 Å². The number of aromatic carboxylic acids is 1. The van der Waals surface area contributed by atoms with E-state index in [1.54, 1.807) is 0 Å². The number of carbonyl (C=O) groups is 2. The molecule has 0 aliphatic rings. The third-order valence-corrected chi connectivity index (χ3v) is 4.67. The minimum Gasteiger partial charge on any atom is -0.478 e. The van der Waals surface area contributed by atoms with Crippen molar-refractivity contribution in [1.82, 2.24) is 4.57 Å². The predicted molar refractivity (Wildman–Crippen MR) is 102 cm³/mol. The fraction of sp³-hybridized carbons (Fsp3) is 0.182. The molecule has 0 bridgehead atoms. The molecule has 26 heavy (non-hydrogen) atoms. The fourth-order valence-corrected chi connectivity index (χ4v) is 3.47. The van der Waals surface area contributed by atoms with Crippen molar-refractivity contribution in [3.05, 3.63) is 82.5 Å². The zero-order chi connectivity index (χ0) is 18.7. The van der Waals surface area contributed by atoms with E-state index in [1.807, 2.05) is 73.0 Å². The fourth-order valence-electron chi connectivity index (χ4n) is 3.47. The van der Waals surface area contributed by atoms with E-state index in [2.05, 4.69) is 0 Å². The highest BCUT2D eigenvalue weighted by Gasteiger charge is 2.27. The van der Waals surface area contributed by atoms with Crippen LogP contribution in [0.15, 0.2) is 54.6 Å². The third kappa shape index (κ3) is 3.06. The number of carboxylic acids is 1. The molecule has 0 atom stereocenters. The highest BCUT2D eigenvalue weighted by Crippen LogP contribution is 2.34. The standard InChI is InChI=1S/C22H21NO3/c1-3-17-20(22(25)26)19(14-24)23(13-16-10-5-4-6-11-16)21(17)18-12-8-7-9-15(18)2/h4-12,14H,3,13H2,1-2H3,(H,25,26). The lowest BCUT2D eigenvalue weighted by atomic mass is 9.98. The Balaban J connectivity index is 2.34. The first-order chi connectivity index (χ1) is 12.6. The average molecular weight is 347 g/mol. The lowest BCUT2D eigenvalue weighted by molar-refractivity contribution is 0.0692. The van der Waals surface area contributed by atoms with E-state index >= 15 is 0 Å². The van der Waals surface area contributed by atoms with Crippen LogP contribution in [0.4, 0.5) is 0 Å². The molecule has 1 N–H and O–H groups in total. The zero-order valence-corrected chi connectivity index (χ0v) is 14.9. The summed E-state index contributed by atoms with van der Waals surface area (Å²) in [5.74, 6) is -1.06. The Labute approximate surface area is 152 Å². The van der Waals surface area contributed by atoms with Crippen LogP contribution < -0.4 is 0 Å². The predicted octanol–water partition coefficient (Wildman–Crippen LogP) is 4.58. The van der Waals surface area contributed by atoms with Gasteiger partial charge in [0.05, 0.1) is 17.0 Å². The minimum absolute atomic E-state index is 0.108. The Morgan fingerprint density at radius 3 is 2.31 bits per heavy atom. The van der Waals surface area contributed by atoms with E-state index < -0.39 is 5.97 Å². The van der Waals surface area contributed by atoms with Crippen LogP contribution in [0.5, 0.6) is 0 Å². The number of rotatable bonds is 6. The lowest BCUT2D eigenvalue weighted by Crippen LogP contribution is -2.08. The summed E-state index contributed by atoms with van der Waals surface area (Å²) in [4.78, 5) is 23.8. The molecule has 0 radical (unpaired) electrons. The molecule has 0 aliphatic carbocycles. The number of carbonyl (C=O) groups excluding carboxylic acids is 1. The first-order valence-electron chi connectivity index (χ1n) is 8.62. The molecule has 3 aromatic rings. The third-order valence-electron chi connectivity index (χ3n) is 4.67. The number of aryl methyl sites for hydroxylation is 1. The van der Waals surface area contributed by atoms with Crippen LogP contribution in [-0.4, -0.2) is 21.9 Å². The largest absolute Gasteiger partial charge is 0.478 e. The van der Waals surface area contributed by atoms with Gasteiger partial charge in [0.1, 0.15) is 0 Å². The van der Waals surface area contributed by atoms with Gasteiger partial charge in [0.25, 0.3) is 0 Å². The molecule has 3 rings (SSSR count). The van der Waals surface area contributed by atoms with Gasteiger partial charge in [-0.05, 0) is 30.0 Å². The van der Waals surface area contributed by atoms with Crippen LogP contribution in [-0.2, 0) is 13.0 Å². The van der Waals surface area contributed by atoms with E-state index in [-0.39, 0.29) is 11.3 Å². The summed E-state index contributed by atoms with van der Waals surface area (Å²) < 4.78 is 1.84. The monoisotopic (exact) mass is 347 g/mol. The molecule has 0 saturated heterocycles. The van der Waals surface area contributed by atoms with Crippen molar-refractivity contribution in [2.75, 3.05) is 0 Å². The van der Waals surface area contributed by atoms with E-state index in [0.717, 1.165) is 22.4 Å². The van der Waals surface area contributed by atoms with Crippen molar-refractivity contribution in [2.45, 2.75) is 26.8 Å². The van der Waals surface area contributed by atoms with Gasteiger partial charge in [0, 0.05) is 12.1 Å². The van der Waals surface area contributed by atoms with Crippen LogP contribution in [0.1, 0.15) is 44.5 Å². The van der Waals surface area contributed by atoms with Gasteiger partial charge in [-0.3, -0.25) is 4.79 Å². The topological polar surface area (TPSA) is 59.3 Å². The van der Waals surface area contributed by atoms with Crippen molar-refractivity contribution in [3.63, 3.8) is 0 Å². The van der Waals surface area contributed by atoms with Gasteiger partial charge in [-0.25, -0.2) is 4.79 Å². The molecule has 1 heterocycles. The Morgan fingerprint density at radius 2 is 1.73 bits per heavy atom. The number of nitrogens with zero attached hydrogens (tertiary/aromatic N) is 1. The summed E-state index contributed by atoms with van der Waals surface area (Å²) in [7, 11) is 0. The minimum atomic E-state index is -1.06. The van der Waals surface area contributed by atoms with Gasteiger partial charge in [-0.2, -0.15) is 0 Å². The summed E-state index contributed by atoms with van der Waals surface area (Å²) in [6, 6.07) is 17.6. The number of benzene rings is 2. The maximum atomic E-state index is 11.9. The Hall–Kier alpha value is -3.14. The van der Waals surface area contributed by atoms with Crippen LogP contribution in [0, 0.1) is 6.92 Å². The van der Waals surface area contributed by atoms with Gasteiger partial charge in [0.2, 0.25) is 0 Å². The van der Waals surface area contributed by atoms with Crippen molar-refractivity contribution in [2.24, 2.45) is 0 Å². The number of hydrogen-bond acceptors (Lipinski definition) is 2. The second-order valence-electron chi connectivity index (χ2n) is 6.25. The van der Waals surface area contributed by atoms with Crippen LogP contribution in [0.25, 0.3) is 11.3 Å². The smallest absolute Gasteiger partial charge is 0.338 e. The lowest BCUT2D eigenvalue weighted by Gasteiger charge is -2.15. The Morgan fingerprint density at radius 1 is 1.08 bits per heavy atom. The Kier molecular flexibility index (Phi) is 5.03. The average Bonchev–Trinajstić information content (AvgIpc) is 2.96. The molecule has 4 nitrogen and oxygen atoms in total. The van der Waals surface area contributed by atoms with Crippen molar-refractivity contribution in [3.8, 4) is 11.3 Å². The van der Waals surface area contributed by atoms with E-state index in [4.69, 9.17) is 0 Å². The summed E-state index contributed by atoms with van der Waals surface area (Å²) in [5, 5.41) is 9.76. The highest BCUT2D eigenvalue weighted by molar-refractivity contribution is 6.01. The molecule has 0 fully saturated rings. The molecule has 132 valence electrons. The summed E-state index contributed by atoms with van der Waals surface area (Å²) >= 11 is 0. The molecule has 0 spiro atoms. The number of carboxylic acid groups (broad SMARTS) is 1. The van der Waals surface area contributed by atoms with Gasteiger partial charge in [-0.1, -0.05) is 61.5 Å². The second kappa shape index (κ2) is 7.40. The van der Waals surface area contributed by atoms with Gasteiger partial charge in [0.15, 0.2) is 6.29 Å². The van der Waals surface area contributed by atoms with E-state index in [1.165, 1.54) is 0 Å². The van der Waals surface area contributed by atoms with Gasteiger partial charge < -0.3 is 9.67 Å². The van der Waals surface area contributed by atoms with E-state index in [9.17, 15) is 14.7 Å².